The van der Waals surface area contributed by atoms with Crippen LogP contribution in [0.3, 0.4) is 0 Å². The molecule has 1 aromatic carbocycles. The van der Waals surface area contributed by atoms with Gasteiger partial charge in [0, 0.05) is 11.5 Å². The highest BCUT2D eigenvalue weighted by Gasteiger charge is 2.42. The summed E-state index contributed by atoms with van der Waals surface area (Å²) in [6.07, 6.45) is 6.00. The van der Waals surface area contributed by atoms with E-state index in [1.165, 1.54) is 6.92 Å². The van der Waals surface area contributed by atoms with Gasteiger partial charge in [-0.3, -0.25) is 4.79 Å². The molecule has 0 radical (unpaired) electrons. The summed E-state index contributed by atoms with van der Waals surface area (Å²) in [5.41, 5.74) is 2.21. The molecule has 0 aliphatic heterocycles. The summed E-state index contributed by atoms with van der Waals surface area (Å²) >= 11 is 0. The quantitative estimate of drug-likeness (QED) is 0.122. The number of aromatic hydroxyl groups is 1. The van der Waals surface area contributed by atoms with Crippen LogP contribution >= 0.6 is 7.52 Å². The van der Waals surface area contributed by atoms with Gasteiger partial charge in [-0.05, 0) is 84.4 Å². The van der Waals surface area contributed by atoms with Gasteiger partial charge < -0.3 is 19.1 Å². The number of ether oxygens (including phenoxy) is 2. The first-order chi connectivity index (χ1) is 19.0. The second-order valence-corrected chi connectivity index (χ2v) is 14.2. The number of carbonyl (C=O) groups is 2. The molecule has 0 spiro atoms. The van der Waals surface area contributed by atoms with E-state index in [0.717, 1.165) is 42.4 Å². The van der Waals surface area contributed by atoms with Gasteiger partial charge in [-0.2, -0.15) is 0 Å². The topological polar surface area (TPSA) is 111 Å². The van der Waals surface area contributed by atoms with E-state index in [0.29, 0.717) is 12.0 Å². The van der Waals surface area contributed by atoms with Crippen LogP contribution in [0.5, 0.6) is 11.5 Å². The van der Waals surface area contributed by atoms with E-state index in [9.17, 15) is 19.3 Å². The first kappa shape index (κ1) is 34.8. The van der Waals surface area contributed by atoms with Crippen LogP contribution in [-0.2, 0) is 25.3 Å². The minimum Gasteiger partial charge on any atom is -0.507 e. The molecule has 1 aliphatic carbocycles. The summed E-state index contributed by atoms with van der Waals surface area (Å²) in [6.45, 7) is 16.7. The van der Waals surface area contributed by atoms with Crippen molar-refractivity contribution in [3.8, 4) is 11.5 Å². The zero-order valence-corrected chi connectivity index (χ0v) is 27.2. The van der Waals surface area contributed by atoms with E-state index in [1.54, 1.807) is 32.9 Å². The highest BCUT2D eigenvalue weighted by Crippen LogP contribution is 2.53. The fourth-order valence-electron chi connectivity index (χ4n) is 5.51. The van der Waals surface area contributed by atoms with Crippen molar-refractivity contribution >= 4 is 34.9 Å². The zero-order chi connectivity index (χ0) is 31.1. The molecule has 1 aromatic rings. The van der Waals surface area contributed by atoms with Crippen molar-refractivity contribution in [3.63, 3.8) is 0 Å². The van der Waals surface area contributed by atoms with Crippen molar-refractivity contribution < 1.29 is 33.3 Å². The van der Waals surface area contributed by atoms with Crippen molar-refractivity contribution in [3.05, 3.63) is 47.1 Å². The largest absolute Gasteiger partial charge is 0.507 e. The highest BCUT2D eigenvalue weighted by atomic mass is 31.2. The molecule has 11 heteroatoms. The molecule has 226 valence electrons. The summed E-state index contributed by atoms with van der Waals surface area (Å²) in [5.74, 6) is -0.880. The third-order valence-corrected chi connectivity index (χ3v) is 9.10. The highest BCUT2D eigenvalue weighted by molar-refractivity contribution is 7.74. The molecule has 0 saturated heterocycles. The zero-order valence-electron chi connectivity index (χ0n) is 26.3. The van der Waals surface area contributed by atoms with Crippen molar-refractivity contribution in [1.82, 2.24) is 5.09 Å². The molecule has 2 rings (SSSR count). The molecule has 0 saturated carbocycles. The Labute approximate surface area is 248 Å². The van der Waals surface area contributed by atoms with Gasteiger partial charge in [0.25, 0.3) is 0 Å². The third kappa shape index (κ3) is 9.54. The molecule has 41 heavy (non-hydrogen) atoms. The molecule has 1 aliphatic rings. The van der Waals surface area contributed by atoms with Crippen molar-refractivity contribution in [2.45, 2.75) is 104 Å². The Hall–Kier alpha value is -2.44. The monoisotopic (exact) mass is 587 g/mol. The van der Waals surface area contributed by atoms with E-state index in [2.05, 4.69) is 40.4 Å². The van der Waals surface area contributed by atoms with Crippen LogP contribution in [0, 0.1) is 5.92 Å². The van der Waals surface area contributed by atoms with Crippen LogP contribution in [0.4, 0.5) is 4.79 Å². The number of carbonyl (C=O) groups excluding carboxylic acids is 2. The molecule has 0 fully saturated rings. The summed E-state index contributed by atoms with van der Waals surface area (Å²) < 4.78 is 30.8. The van der Waals surface area contributed by atoms with E-state index >= 15 is 0 Å². The Morgan fingerprint density at radius 1 is 1.24 bits per heavy atom. The molecular formula is C30H48B2NO7P. The van der Waals surface area contributed by atoms with Crippen LogP contribution in [0.25, 0.3) is 0 Å². The summed E-state index contributed by atoms with van der Waals surface area (Å²) in [6, 6.07) is 2.36. The van der Waals surface area contributed by atoms with Gasteiger partial charge in [-0.15, -0.1) is 0 Å². The lowest BCUT2D eigenvalue weighted by Gasteiger charge is -2.33. The van der Waals surface area contributed by atoms with Crippen LogP contribution in [0.2, 0.25) is 5.21 Å². The van der Waals surface area contributed by atoms with Gasteiger partial charge >= 0.3 is 19.2 Å². The Morgan fingerprint density at radius 3 is 2.46 bits per heavy atom. The molecule has 0 aromatic heterocycles. The molecule has 2 N–H and O–H groups in total. The number of hydrogen-bond acceptors (Lipinski definition) is 7. The number of benzene rings is 1. The number of esters is 1. The summed E-state index contributed by atoms with van der Waals surface area (Å²) in [7, 11) is -0.204. The maximum Gasteiger partial charge on any atom is 0.424 e. The predicted molar refractivity (Wildman–Crippen MR) is 170 cm³/mol. The lowest BCUT2D eigenvalue weighted by atomic mass is 9.50. The fraction of sp³-hybridized carbons (Fsp3) is 0.600. The normalized spacial score (nSPS) is 19.6. The fourth-order valence-corrected chi connectivity index (χ4v) is 7.08. The Kier molecular flexibility index (Phi) is 12.4. The maximum absolute atomic E-state index is 14.3. The summed E-state index contributed by atoms with van der Waals surface area (Å²) in [5, 5.41) is 14.0. The maximum atomic E-state index is 14.3. The van der Waals surface area contributed by atoms with Gasteiger partial charge in [-0.1, -0.05) is 48.8 Å². The Balaban J connectivity index is 2.73. The van der Waals surface area contributed by atoms with Crippen molar-refractivity contribution in [2.75, 3.05) is 6.61 Å². The van der Waals surface area contributed by atoms with Gasteiger partial charge in [0.05, 0.1) is 28.4 Å². The number of phenolic OH excluding ortho intramolecular Hbond substituents is 1. The van der Waals surface area contributed by atoms with Crippen LogP contribution in [0.15, 0.2) is 35.9 Å². The minimum absolute atomic E-state index is 0.00390. The van der Waals surface area contributed by atoms with Crippen LogP contribution in [-0.4, -0.2) is 51.2 Å². The second-order valence-electron chi connectivity index (χ2n) is 12.3. The molecular weight excluding hydrogens is 539 g/mol. The van der Waals surface area contributed by atoms with Crippen molar-refractivity contribution in [1.29, 1.82) is 0 Å². The first-order valence-corrected chi connectivity index (χ1v) is 16.3. The predicted octanol–water partition coefficient (Wildman–Crippen LogP) is 5.79. The molecule has 4 atom stereocenters. The number of phenols is 1. The molecule has 8 nitrogen and oxygen atoms in total. The Morgan fingerprint density at radius 2 is 1.90 bits per heavy atom. The van der Waals surface area contributed by atoms with Crippen LogP contribution < -0.4 is 9.61 Å². The Bertz CT molecular complexity index is 1200. The SMILES string of the molecule is BC(B)(CCC)Cc1cc(O)c(C2C=C(C)CCC2C(=C)C)c(OP(=O)(NC(C)C(=O)OC(C)C)C(=O)OCC)c1. The number of rotatable bonds is 14. The smallest absolute Gasteiger partial charge is 0.424 e. The van der Waals surface area contributed by atoms with E-state index in [1.807, 2.05) is 13.8 Å². The lowest BCUT2D eigenvalue weighted by molar-refractivity contribution is -0.149. The van der Waals surface area contributed by atoms with Crippen LogP contribution in [0.1, 0.15) is 91.2 Å². The van der Waals surface area contributed by atoms with E-state index in [4.69, 9.17) is 14.0 Å². The van der Waals surface area contributed by atoms with Gasteiger partial charge in [0.1, 0.15) is 17.5 Å². The van der Waals surface area contributed by atoms with E-state index < -0.39 is 31.3 Å². The number of allylic oxidation sites excluding steroid dienone is 3. The minimum atomic E-state index is -4.51. The van der Waals surface area contributed by atoms with Gasteiger partial charge in [0.15, 0.2) is 0 Å². The number of nitrogens with one attached hydrogen (secondary N) is 1. The number of hydrogen-bond donors (Lipinski definition) is 2. The van der Waals surface area contributed by atoms with E-state index in [-0.39, 0.29) is 35.2 Å². The second kappa shape index (κ2) is 14.6. The third-order valence-electron chi connectivity index (χ3n) is 7.31. The molecule has 4 unspecified atom stereocenters. The average Bonchev–Trinajstić information content (AvgIpc) is 2.82. The molecule has 0 bridgehead atoms. The lowest BCUT2D eigenvalue weighted by Crippen LogP contribution is -2.37. The first-order valence-electron chi connectivity index (χ1n) is 14.7. The van der Waals surface area contributed by atoms with Gasteiger partial charge in [0.2, 0.25) is 0 Å². The van der Waals surface area contributed by atoms with Gasteiger partial charge in [-0.25, -0.2) is 14.4 Å². The standard InChI is InChI=1S/C30H48B2NO7P/c1-9-13-30(31,32)17-22-15-25(34)27(24-14-20(7)11-12-23(24)18(3)4)26(16-22)40-41(37,29(36)38-10-2)33-21(8)28(35)39-19(5)6/h14-16,19,21,23-24,34H,3,9-13,17,31-32H2,1-2,4-8H3,(H,33,37). The summed E-state index contributed by atoms with van der Waals surface area (Å²) in [4.78, 5) is 25.7. The molecule has 0 amide bonds. The molecule has 0 heterocycles. The average molecular weight is 587 g/mol. The van der Waals surface area contributed by atoms with Crippen molar-refractivity contribution in [2.24, 2.45) is 5.92 Å².